The topological polar surface area (TPSA) is 82.4 Å². The zero-order valence-corrected chi connectivity index (χ0v) is 8.42. The van der Waals surface area contributed by atoms with Crippen molar-refractivity contribution in [2.45, 2.75) is 12.2 Å². The van der Waals surface area contributed by atoms with Crippen LogP contribution in [0.25, 0.3) is 0 Å². The molecule has 0 fully saturated rings. The molecular weight excluding hydrogens is 196 g/mol. The summed E-state index contributed by atoms with van der Waals surface area (Å²) in [6.07, 6.45) is -0.0580. The van der Waals surface area contributed by atoms with Gasteiger partial charge in [-0.1, -0.05) is 0 Å². The third kappa shape index (κ3) is 2.82. The molecule has 5 nitrogen and oxygen atoms in total. The molecule has 2 unspecified atom stereocenters. The number of rotatable bonds is 5. The van der Waals surface area contributed by atoms with Crippen LogP contribution in [0.15, 0.2) is 18.3 Å². The van der Waals surface area contributed by atoms with E-state index in [9.17, 15) is 15.0 Å². The molecule has 0 saturated carbocycles. The molecule has 1 heterocycles. The maximum atomic E-state index is 10.7. The molecule has 0 spiro atoms. The largest absolute Gasteiger partial charge is 0.389 e. The molecule has 5 heteroatoms. The minimum absolute atomic E-state index is 0.204. The zero-order valence-electron chi connectivity index (χ0n) is 8.42. The highest BCUT2D eigenvalue weighted by atomic mass is 16.3. The number of nitrogens with one attached hydrogen (secondary N) is 1. The molecule has 0 saturated heterocycles. The fourth-order valence-electron chi connectivity index (χ4n) is 1.28. The highest BCUT2D eigenvalue weighted by molar-refractivity contribution is 5.76. The van der Waals surface area contributed by atoms with E-state index in [0.29, 0.717) is 11.8 Å². The third-order valence-corrected chi connectivity index (χ3v) is 2.06. The number of nitrogens with zero attached hydrogens (tertiary/aromatic N) is 1. The SMILES string of the molecule is CNCC(O)C(O)c1ncccc1C=O. The van der Waals surface area contributed by atoms with Crippen molar-refractivity contribution in [3.8, 4) is 0 Å². The molecule has 82 valence electrons. The molecule has 2 atom stereocenters. The molecule has 1 aromatic rings. The first kappa shape index (κ1) is 11.8. The van der Waals surface area contributed by atoms with Gasteiger partial charge in [0.15, 0.2) is 6.29 Å². The van der Waals surface area contributed by atoms with E-state index in [2.05, 4.69) is 10.3 Å². The first-order valence-electron chi connectivity index (χ1n) is 4.61. The van der Waals surface area contributed by atoms with E-state index >= 15 is 0 Å². The van der Waals surface area contributed by atoms with Crippen LogP contribution >= 0.6 is 0 Å². The minimum atomic E-state index is -1.15. The van der Waals surface area contributed by atoms with Crippen molar-refractivity contribution in [1.82, 2.24) is 10.3 Å². The van der Waals surface area contributed by atoms with Crippen LogP contribution in [0.2, 0.25) is 0 Å². The van der Waals surface area contributed by atoms with Gasteiger partial charge in [0.2, 0.25) is 0 Å². The van der Waals surface area contributed by atoms with E-state index in [0.717, 1.165) is 0 Å². The van der Waals surface area contributed by atoms with Crippen molar-refractivity contribution in [1.29, 1.82) is 0 Å². The highest BCUT2D eigenvalue weighted by Gasteiger charge is 2.21. The van der Waals surface area contributed by atoms with Crippen molar-refractivity contribution >= 4 is 6.29 Å². The van der Waals surface area contributed by atoms with Crippen LogP contribution in [0, 0.1) is 0 Å². The average Bonchev–Trinajstić information content (AvgIpc) is 2.28. The second-order valence-electron chi connectivity index (χ2n) is 3.17. The molecule has 0 radical (unpaired) electrons. The van der Waals surface area contributed by atoms with Gasteiger partial charge in [-0.25, -0.2) is 0 Å². The molecular formula is C10H14N2O3. The fraction of sp³-hybridized carbons (Fsp3) is 0.400. The van der Waals surface area contributed by atoms with Crippen molar-refractivity contribution in [2.24, 2.45) is 0 Å². The maximum Gasteiger partial charge on any atom is 0.151 e. The number of pyridine rings is 1. The van der Waals surface area contributed by atoms with E-state index in [4.69, 9.17) is 0 Å². The molecule has 0 aliphatic heterocycles. The van der Waals surface area contributed by atoms with Gasteiger partial charge in [0, 0.05) is 18.3 Å². The Morgan fingerprint density at radius 2 is 2.33 bits per heavy atom. The lowest BCUT2D eigenvalue weighted by atomic mass is 10.1. The lowest BCUT2D eigenvalue weighted by molar-refractivity contribution is 0.0173. The number of carbonyl (C=O) groups is 1. The molecule has 15 heavy (non-hydrogen) atoms. The molecule has 0 aliphatic rings. The second kappa shape index (κ2) is 5.55. The summed E-state index contributed by atoms with van der Waals surface area (Å²) in [4.78, 5) is 14.5. The van der Waals surface area contributed by atoms with Crippen molar-refractivity contribution in [3.05, 3.63) is 29.6 Å². The molecule has 1 rings (SSSR count). The summed E-state index contributed by atoms with van der Waals surface area (Å²) in [5.74, 6) is 0. The van der Waals surface area contributed by atoms with Crippen molar-refractivity contribution in [3.63, 3.8) is 0 Å². The Morgan fingerprint density at radius 1 is 1.60 bits per heavy atom. The fourth-order valence-corrected chi connectivity index (χ4v) is 1.28. The van der Waals surface area contributed by atoms with Gasteiger partial charge in [-0.05, 0) is 19.2 Å². The summed E-state index contributed by atoms with van der Waals surface area (Å²) >= 11 is 0. The van der Waals surface area contributed by atoms with Crippen molar-refractivity contribution < 1.29 is 15.0 Å². The van der Waals surface area contributed by atoms with Gasteiger partial charge in [-0.2, -0.15) is 0 Å². The number of hydrogen-bond donors (Lipinski definition) is 3. The van der Waals surface area contributed by atoms with Crippen LogP contribution in [0.3, 0.4) is 0 Å². The molecule has 0 amide bonds. The molecule has 0 aromatic carbocycles. The number of hydrogen-bond acceptors (Lipinski definition) is 5. The summed E-state index contributed by atoms with van der Waals surface area (Å²) in [6, 6.07) is 3.15. The number of carbonyl (C=O) groups excluding carboxylic acids is 1. The number of aldehydes is 1. The van der Waals surface area contributed by atoms with Gasteiger partial charge < -0.3 is 15.5 Å². The molecule has 3 N–H and O–H groups in total. The quantitative estimate of drug-likeness (QED) is 0.571. The van der Waals surface area contributed by atoms with Crippen LogP contribution in [-0.4, -0.2) is 41.2 Å². The lowest BCUT2D eigenvalue weighted by Gasteiger charge is -2.17. The van der Waals surface area contributed by atoms with E-state index < -0.39 is 12.2 Å². The van der Waals surface area contributed by atoms with Gasteiger partial charge in [0.1, 0.15) is 6.10 Å². The maximum absolute atomic E-state index is 10.7. The van der Waals surface area contributed by atoms with E-state index in [1.807, 2.05) is 0 Å². The molecule has 0 aliphatic carbocycles. The number of aromatic nitrogens is 1. The summed E-state index contributed by atoms with van der Waals surface area (Å²) < 4.78 is 0. The van der Waals surface area contributed by atoms with Crippen LogP contribution in [0.5, 0.6) is 0 Å². The van der Waals surface area contributed by atoms with E-state index in [1.165, 1.54) is 6.20 Å². The Balaban J connectivity index is 2.89. The molecule has 0 bridgehead atoms. The Kier molecular flexibility index (Phi) is 4.36. The van der Waals surface area contributed by atoms with Crippen LogP contribution in [0.1, 0.15) is 22.2 Å². The summed E-state index contributed by atoms with van der Waals surface area (Å²) in [5.41, 5.74) is 0.496. The second-order valence-corrected chi connectivity index (χ2v) is 3.17. The van der Waals surface area contributed by atoms with Crippen LogP contribution in [-0.2, 0) is 0 Å². The van der Waals surface area contributed by atoms with E-state index in [1.54, 1.807) is 19.2 Å². The number of aliphatic hydroxyl groups is 2. The number of aliphatic hydroxyl groups excluding tert-OH is 2. The first-order valence-corrected chi connectivity index (χ1v) is 4.61. The third-order valence-electron chi connectivity index (χ3n) is 2.06. The Morgan fingerprint density at radius 3 is 2.93 bits per heavy atom. The predicted octanol–water partition coefficient (Wildman–Crippen LogP) is -0.492. The van der Waals surface area contributed by atoms with E-state index in [-0.39, 0.29) is 12.2 Å². The monoisotopic (exact) mass is 210 g/mol. The lowest BCUT2D eigenvalue weighted by Crippen LogP contribution is -2.30. The summed E-state index contributed by atoms with van der Waals surface area (Å²) in [5, 5.41) is 22.0. The van der Waals surface area contributed by atoms with Gasteiger partial charge in [0.05, 0.1) is 11.8 Å². The zero-order chi connectivity index (χ0) is 11.3. The van der Waals surface area contributed by atoms with Crippen molar-refractivity contribution in [2.75, 3.05) is 13.6 Å². The van der Waals surface area contributed by atoms with Gasteiger partial charge in [-0.3, -0.25) is 9.78 Å². The molecule has 1 aromatic heterocycles. The Bertz CT molecular complexity index is 330. The Labute approximate surface area is 87.8 Å². The highest BCUT2D eigenvalue weighted by Crippen LogP contribution is 2.16. The average molecular weight is 210 g/mol. The first-order chi connectivity index (χ1) is 7.20. The standard InChI is InChI=1S/C10H14N2O3/c1-11-5-8(14)10(15)9-7(6-13)3-2-4-12-9/h2-4,6,8,10-11,14-15H,5H2,1H3. The van der Waals surface area contributed by atoms with Gasteiger partial charge >= 0.3 is 0 Å². The smallest absolute Gasteiger partial charge is 0.151 e. The minimum Gasteiger partial charge on any atom is -0.389 e. The number of likely N-dealkylation sites (N-methyl/N-ethyl adjacent to an activating group) is 1. The summed E-state index contributed by atoms with van der Waals surface area (Å²) in [6.45, 7) is 0.232. The Hall–Kier alpha value is -1.30. The predicted molar refractivity (Wildman–Crippen MR) is 54.5 cm³/mol. The van der Waals surface area contributed by atoms with Crippen LogP contribution < -0.4 is 5.32 Å². The van der Waals surface area contributed by atoms with Crippen LogP contribution in [0.4, 0.5) is 0 Å². The van der Waals surface area contributed by atoms with Gasteiger partial charge in [-0.15, -0.1) is 0 Å². The van der Waals surface area contributed by atoms with Gasteiger partial charge in [0.25, 0.3) is 0 Å². The normalized spacial score (nSPS) is 14.6. The summed E-state index contributed by atoms with van der Waals surface area (Å²) in [7, 11) is 1.66.